The highest BCUT2D eigenvalue weighted by molar-refractivity contribution is 4.99. The maximum absolute atomic E-state index is 5.48. The molecule has 1 atom stereocenters. The number of hydrogen-bond donors (Lipinski definition) is 2. The molecular formula is C10H18N2. The summed E-state index contributed by atoms with van der Waals surface area (Å²) in [5, 5.41) is 0. The minimum Gasteiger partial charge on any atom is -0.271 e. The van der Waals surface area contributed by atoms with Crippen LogP contribution >= 0.6 is 0 Å². The third-order valence-electron chi connectivity index (χ3n) is 2.68. The number of hydrogen-bond acceptors (Lipinski definition) is 2. The summed E-state index contributed by atoms with van der Waals surface area (Å²) in [4.78, 5) is 0. The number of hydrazine groups is 1. The van der Waals surface area contributed by atoms with Crippen LogP contribution in [0, 0.1) is 17.8 Å². The Balaban J connectivity index is 2.35. The molecule has 1 aliphatic rings. The molecule has 0 aromatic carbocycles. The molecule has 12 heavy (non-hydrogen) atoms. The molecule has 0 aromatic rings. The molecule has 0 aliphatic heterocycles. The molecule has 0 radical (unpaired) electrons. The zero-order chi connectivity index (χ0) is 8.81. The van der Waals surface area contributed by atoms with Crippen LogP contribution in [0.15, 0.2) is 0 Å². The molecule has 3 N–H and O–H groups in total. The maximum Gasteiger partial charge on any atom is 0.0348 e. The fourth-order valence-electron chi connectivity index (χ4n) is 1.93. The van der Waals surface area contributed by atoms with E-state index in [4.69, 9.17) is 5.84 Å². The smallest absolute Gasteiger partial charge is 0.0348 e. The van der Waals surface area contributed by atoms with Gasteiger partial charge in [0.25, 0.3) is 0 Å². The van der Waals surface area contributed by atoms with Gasteiger partial charge < -0.3 is 0 Å². The van der Waals surface area contributed by atoms with E-state index in [1.807, 2.05) is 6.92 Å². The summed E-state index contributed by atoms with van der Waals surface area (Å²) in [6, 6.07) is 0.417. The number of nitrogens with two attached hydrogens (primary N) is 1. The van der Waals surface area contributed by atoms with Gasteiger partial charge in [0, 0.05) is 12.5 Å². The van der Waals surface area contributed by atoms with E-state index in [1.54, 1.807) is 0 Å². The van der Waals surface area contributed by atoms with Gasteiger partial charge in [0.05, 0.1) is 0 Å². The van der Waals surface area contributed by atoms with Crippen molar-refractivity contribution in [2.45, 2.75) is 45.1 Å². The maximum atomic E-state index is 5.48. The molecule has 0 bridgehead atoms. The van der Waals surface area contributed by atoms with Gasteiger partial charge in [0.15, 0.2) is 0 Å². The van der Waals surface area contributed by atoms with Crippen LogP contribution in [0.2, 0.25) is 0 Å². The Hall–Kier alpha value is -0.520. The first kappa shape index (κ1) is 9.57. The van der Waals surface area contributed by atoms with Crippen molar-refractivity contribution in [1.29, 1.82) is 0 Å². The average molecular weight is 166 g/mol. The molecule has 1 saturated carbocycles. The summed E-state index contributed by atoms with van der Waals surface area (Å²) in [5.41, 5.74) is 2.88. The molecule has 1 fully saturated rings. The van der Waals surface area contributed by atoms with E-state index in [0.717, 1.165) is 12.3 Å². The summed E-state index contributed by atoms with van der Waals surface area (Å²) < 4.78 is 0. The van der Waals surface area contributed by atoms with Gasteiger partial charge in [-0.1, -0.05) is 12.8 Å². The molecule has 2 heteroatoms. The number of nitrogens with one attached hydrogen (secondary N) is 1. The van der Waals surface area contributed by atoms with E-state index in [-0.39, 0.29) is 0 Å². The monoisotopic (exact) mass is 166 g/mol. The van der Waals surface area contributed by atoms with Crippen molar-refractivity contribution < 1.29 is 0 Å². The Morgan fingerprint density at radius 2 is 2.17 bits per heavy atom. The summed E-state index contributed by atoms with van der Waals surface area (Å²) in [6.45, 7) is 1.88. The van der Waals surface area contributed by atoms with Crippen molar-refractivity contribution in [3.8, 4) is 11.8 Å². The molecule has 1 aliphatic carbocycles. The van der Waals surface area contributed by atoms with E-state index >= 15 is 0 Å². The minimum absolute atomic E-state index is 0.417. The average Bonchev–Trinajstić information content (AvgIpc) is 2.59. The molecule has 68 valence electrons. The second kappa shape index (κ2) is 5.18. The molecule has 0 amide bonds. The van der Waals surface area contributed by atoms with Gasteiger partial charge in [-0.2, -0.15) is 0 Å². The lowest BCUT2D eigenvalue weighted by Crippen LogP contribution is -2.39. The van der Waals surface area contributed by atoms with Crippen molar-refractivity contribution in [2.24, 2.45) is 11.8 Å². The van der Waals surface area contributed by atoms with Crippen LogP contribution in [-0.2, 0) is 0 Å². The molecule has 1 rings (SSSR count). The zero-order valence-corrected chi connectivity index (χ0v) is 7.77. The van der Waals surface area contributed by atoms with Crippen LogP contribution < -0.4 is 11.3 Å². The molecule has 2 nitrogen and oxygen atoms in total. The highest BCUT2D eigenvalue weighted by Crippen LogP contribution is 2.28. The minimum atomic E-state index is 0.417. The molecule has 0 aromatic heterocycles. The molecule has 0 saturated heterocycles. The van der Waals surface area contributed by atoms with Crippen molar-refractivity contribution >= 4 is 0 Å². The summed E-state index contributed by atoms with van der Waals surface area (Å²) >= 11 is 0. The normalized spacial score (nSPS) is 20.2. The first-order valence-electron chi connectivity index (χ1n) is 4.74. The Bertz CT molecular complexity index is 172. The van der Waals surface area contributed by atoms with Crippen molar-refractivity contribution in [1.82, 2.24) is 5.43 Å². The predicted molar refractivity (Wildman–Crippen MR) is 51.1 cm³/mol. The van der Waals surface area contributed by atoms with E-state index in [2.05, 4.69) is 17.3 Å². The van der Waals surface area contributed by atoms with Crippen molar-refractivity contribution in [3.63, 3.8) is 0 Å². The van der Waals surface area contributed by atoms with Gasteiger partial charge in [-0.3, -0.25) is 11.3 Å². The van der Waals surface area contributed by atoms with Crippen LogP contribution in [-0.4, -0.2) is 6.04 Å². The Kier molecular flexibility index (Phi) is 4.13. The third-order valence-corrected chi connectivity index (χ3v) is 2.68. The van der Waals surface area contributed by atoms with E-state index < -0.39 is 0 Å². The second-order valence-electron chi connectivity index (χ2n) is 3.45. The van der Waals surface area contributed by atoms with Gasteiger partial charge in [-0.25, -0.2) is 0 Å². The summed E-state index contributed by atoms with van der Waals surface area (Å²) in [6.07, 6.45) is 6.27. The van der Waals surface area contributed by atoms with Gasteiger partial charge in [-0.15, -0.1) is 11.8 Å². The Labute approximate surface area is 74.9 Å². The molecular weight excluding hydrogens is 148 g/mol. The van der Waals surface area contributed by atoms with Crippen molar-refractivity contribution in [3.05, 3.63) is 0 Å². The topological polar surface area (TPSA) is 38.0 Å². The predicted octanol–water partition coefficient (Wildman–Crippen LogP) is 1.42. The Morgan fingerprint density at radius 1 is 1.50 bits per heavy atom. The van der Waals surface area contributed by atoms with Crippen LogP contribution in [0.5, 0.6) is 0 Å². The fraction of sp³-hybridized carbons (Fsp3) is 0.800. The fourth-order valence-corrected chi connectivity index (χ4v) is 1.93. The standard InChI is InChI=1S/C10H18N2/c1-2-3-8-10(12-11)9-6-4-5-7-9/h9-10,12H,4-8,11H2,1H3. The zero-order valence-electron chi connectivity index (χ0n) is 7.77. The first-order valence-corrected chi connectivity index (χ1v) is 4.74. The largest absolute Gasteiger partial charge is 0.271 e. The van der Waals surface area contributed by atoms with E-state index in [0.29, 0.717) is 6.04 Å². The quantitative estimate of drug-likeness (QED) is 0.378. The van der Waals surface area contributed by atoms with Gasteiger partial charge in [-0.05, 0) is 25.7 Å². The lowest BCUT2D eigenvalue weighted by atomic mass is 9.96. The van der Waals surface area contributed by atoms with Crippen LogP contribution in [0.25, 0.3) is 0 Å². The lowest BCUT2D eigenvalue weighted by Gasteiger charge is -2.19. The van der Waals surface area contributed by atoms with Gasteiger partial charge in [0.1, 0.15) is 0 Å². The second-order valence-corrected chi connectivity index (χ2v) is 3.45. The van der Waals surface area contributed by atoms with Crippen LogP contribution in [0.3, 0.4) is 0 Å². The highest BCUT2D eigenvalue weighted by atomic mass is 15.2. The van der Waals surface area contributed by atoms with E-state index in [9.17, 15) is 0 Å². The SMILES string of the molecule is CC#CCC(NN)C1CCCC1. The first-order chi connectivity index (χ1) is 5.88. The number of rotatable bonds is 3. The summed E-state index contributed by atoms with van der Waals surface area (Å²) in [5.74, 6) is 12.2. The highest BCUT2D eigenvalue weighted by Gasteiger charge is 2.22. The Morgan fingerprint density at radius 3 is 2.67 bits per heavy atom. The van der Waals surface area contributed by atoms with Crippen molar-refractivity contribution in [2.75, 3.05) is 0 Å². The van der Waals surface area contributed by atoms with Gasteiger partial charge >= 0.3 is 0 Å². The third kappa shape index (κ3) is 2.51. The lowest BCUT2D eigenvalue weighted by molar-refractivity contribution is 0.369. The molecule has 0 heterocycles. The molecule has 1 unspecified atom stereocenters. The van der Waals surface area contributed by atoms with Crippen LogP contribution in [0.4, 0.5) is 0 Å². The molecule has 0 spiro atoms. The van der Waals surface area contributed by atoms with E-state index in [1.165, 1.54) is 25.7 Å². The van der Waals surface area contributed by atoms with Gasteiger partial charge in [0.2, 0.25) is 0 Å². The van der Waals surface area contributed by atoms with Crippen LogP contribution in [0.1, 0.15) is 39.0 Å². The summed E-state index contributed by atoms with van der Waals surface area (Å²) in [7, 11) is 0.